The van der Waals surface area contributed by atoms with Crippen LogP contribution in [0.5, 0.6) is 17.2 Å². The monoisotopic (exact) mass is 492 g/mol. The van der Waals surface area contributed by atoms with E-state index in [-0.39, 0.29) is 11.8 Å². The first kappa shape index (κ1) is 23.2. The number of benzene rings is 2. The van der Waals surface area contributed by atoms with Crippen LogP contribution in [0.1, 0.15) is 49.4 Å². The molecular weight excluding hydrogens is 464 g/mol. The number of rotatable bonds is 8. The highest BCUT2D eigenvalue weighted by Crippen LogP contribution is 2.43. The average molecular weight is 493 g/mol. The number of methoxy groups -OCH3 is 1. The summed E-state index contributed by atoms with van der Waals surface area (Å²) in [4.78, 5) is 17.6. The van der Waals surface area contributed by atoms with Crippen molar-refractivity contribution in [3.63, 3.8) is 0 Å². The van der Waals surface area contributed by atoms with E-state index in [1.54, 1.807) is 11.8 Å². The minimum Gasteiger partial charge on any atom is -0.497 e. The van der Waals surface area contributed by atoms with Crippen molar-refractivity contribution in [2.45, 2.75) is 39.5 Å². The standard InChI is InChI=1S/C26H28N4O4S/c1-5-11-34-20-10-7-16(12-21(20)33-6-2)18-14-23(31)28-25-24(18)15(3)29-30(25)26-27-19-9-8-17(32-4)13-22(19)35-26/h7-10,12-13,18H,5-6,11,14H2,1-4H3,(H,28,31)/t18-/m1/s1. The summed E-state index contributed by atoms with van der Waals surface area (Å²) in [7, 11) is 1.64. The number of hydrogen-bond acceptors (Lipinski definition) is 7. The first-order valence-electron chi connectivity index (χ1n) is 11.8. The van der Waals surface area contributed by atoms with Crippen molar-refractivity contribution in [1.29, 1.82) is 0 Å². The summed E-state index contributed by atoms with van der Waals surface area (Å²) in [5, 5.41) is 8.52. The fourth-order valence-corrected chi connectivity index (χ4v) is 5.37. The van der Waals surface area contributed by atoms with E-state index in [2.05, 4.69) is 12.2 Å². The predicted molar refractivity (Wildman–Crippen MR) is 137 cm³/mol. The molecule has 9 heteroatoms. The topological polar surface area (TPSA) is 87.5 Å². The van der Waals surface area contributed by atoms with E-state index in [4.69, 9.17) is 24.3 Å². The molecule has 0 bridgehead atoms. The van der Waals surface area contributed by atoms with Gasteiger partial charge < -0.3 is 19.5 Å². The number of nitrogens with one attached hydrogen (secondary N) is 1. The number of aromatic nitrogens is 3. The Labute approximate surface area is 207 Å². The van der Waals surface area contributed by atoms with Crippen molar-refractivity contribution < 1.29 is 19.0 Å². The lowest BCUT2D eigenvalue weighted by molar-refractivity contribution is -0.116. The van der Waals surface area contributed by atoms with Gasteiger partial charge in [0, 0.05) is 17.9 Å². The van der Waals surface area contributed by atoms with E-state index in [1.807, 2.05) is 50.2 Å². The minimum atomic E-state index is -0.151. The molecule has 5 rings (SSSR count). The van der Waals surface area contributed by atoms with Crippen molar-refractivity contribution >= 4 is 33.3 Å². The third kappa shape index (κ3) is 4.32. The lowest BCUT2D eigenvalue weighted by Crippen LogP contribution is -2.25. The fraction of sp³-hybridized carbons (Fsp3) is 0.346. The fourth-order valence-electron chi connectivity index (χ4n) is 4.42. The molecule has 0 saturated heterocycles. The average Bonchev–Trinajstić information content (AvgIpc) is 3.43. The molecule has 1 N–H and O–H groups in total. The van der Waals surface area contributed by atoms with E-state index in [0.717, 1.165) is 45.0 Å². The molecule has 0 unspecified atom stereocenters. The van der Waals surface area contributed by atoms with Crippen molar-refractivity contribution in [3.8, 4) is 22.4 Å². The van der Waals surface area contributed by atoms with Crippen LogP contribution in [0, 0.1) is 6.92 Å². The van der Waals surface area contributed by atoms with Crippen LogP contribution in [0.25, 0.3) is 15.3 Å². The smallest absolute Gasteiger partial charge is 0.226 e. The Balaban J connectivity index is 1.57. The summed E-state index contributed by atoms with van der Waals surface area (Å²) < 4.78 is 19.8. The van der Waals surface area contributed by atoms with E-state index < -0.39 is 0 Å². The zero-order valence-electron chi connectivity index (χ0n) is 20.3. The van der Waals surface area contributed by atoms with E-state index in [0.29, 0.717) is 36.3 Å². The van der Waals surface area contributed by atoms with Gasteiger partial charge in [-0.15, -0.1) is 0 Å². The summed E-state index contributed by atoms with van der Waals surface area (Å²) in [5.41, 5.74) is 3.69. The molecule has 1 aliphatic rings. The lowest BCUT2D eigenvalue weighted by Gasteiger charge is -2.25. The normalized spacial score (nSPS) is 15.1. The second-order valence-corrected chi connectivity index (χ2v) is 9.39. The second-order valence-electron chi connectivity index (χ2n) is 8.38. The number of aryl methyl sites for hydroxylation is 1. The number of ether oxygens (including phenoxy) is 3. The van der Waals surface area contributed by atoms with Gasteiger partial charge in [0.1, 0.15) is 11.6 Å². The number of hydrogen-bond donors (Lipinski definition) is 1. The molecule has 0 aliphatic carbocycles. The molecule has 1 amide bonds. The summed E-state index contributed by atoms with van der Waals surface area (Å²) in [6.07, 6.45) is 1.24. The Bertz CT molecular complexity index is 1390. The molecule has 2 aromatic carbocycles. The maximum absolute atomic E-state index is 12.8. The largest absolute Gasteiger partial charge is 0.497 e. The maximum atomic E-state index is 12.8. The molecule has 1 aliphatic heterocycles. The SMILES string of the molecule is CCCOc1ccc([C@H]2CC(=O)Nc3c2c(C)nn3-c2nc3ccc(OC)cc3s2)cc1OCC. The molecule has 0 fully saturated rings. The molecule has 2 aromatic heterocycles. The number of thiazole rings is 1. The molecule has 35 heavy (non-hydrogen) atoms. The van der Waals surface area contributed by atoms with Crippen LogP contribution in [0.2, 0.25) is 0 Å². The highest BCUT2D eigenvalue weighted by Gasteiger charge is 2.33. The van der Waals surface area contributed by atoms with Crippen LogP contribution in [0.4, 0.5) is 5.82 Å². The number of carbonyl (C=O) groups excluding carboxylic acids is 1. The minimum absolute atomic E-state index is 0.0595. The van der Waals surface area contributed by atoms with Crippen LogP contribution in [-0.4, -0.2) is 41.0 Å². The molecule has 3 heterocycles. The molecular formula is C26H28N4O4S. The van der Waals surface area contributed by atoms with E-state index >= 15 is 0 Å². The predicted octanol–water partition coefficient (Wildman–Crippen LogP) is 5.46. The van der Waals surface area contributed by atoms with Gasteiger partial charge in [-0.1, -0.05) is 24.3 Å². The molecule has 8 nitrogen and oxygen atoms in total. The van der Waals surface area contributed by atoms with Crippen molar-refractivity contribution in [2.24, 2.45) is 0 Å². The zero-order chi connectivity index (χ0) is 24.5. The van der Waals surface area contributed by atoms with Gasteiger partial charge in [-0.05, 0) is 56.2 Å². The van der Waals surface area contributed by atoms with Gasteiger partial charge in [0.2, 0.25) is 11.0 Å². The molecule has 4 aromatic rings. The van der Waals surface area contributed by atoms with Crippen molar-refractivity contribution in [1.82, 2.24) is 14.8 Å². The summed E-state index contributed by atoms with van der Waals surface area (Å²) in [6, 6.07) is 11.7. The number of carbonyl (C=O) groups is 1. The number of anilines is 1. The molecule has 0 spiro atoms. The van der Waals surface area contributed by atoms with Gasteiger partial charge in [0.25, 0.3) is 0 Å². The molecule has 0 saturated carbocycles. The molecule has 1 atom stereocenters. The maximum Gasteiger partial charge on any atom is 0.226 e. The zero-order valence-corrected chi connectivity index (χ0v) is 21.1. The van der Waals surface area contributed by atoms with Gasteiger partial charge in [-0.2, -0.15) is 9.78 Å². The Hall–Kier alpha value is -3.59. The van der Waals surface area contributed by atoms with Gasteiger partial charge in [0.15, 0.2) is 11.5 Å². The van der Waals surface area contributed by atoms with E-state index in [1.165, 1.54) is 11.3 Å². The van der Waals surface area contributed by atoms with Gasteiger partial charge in [0.05, 0.1) is 36.2 Å². The van der Waals surface area contributed by atoms with Crippen LogP contribution in [0.15, 0.2) is 36.4 Å². The van der Waals surface area contributed by atoms with Crippen LogP contribution >= 0.6 is 11.3 Å². The number of fused-ring (bicyclic) bond motifs is 2. The van der Waals surface area contributed by atoms with Crippen LogP contribution < -0.4 is 19.5 Å². The summed E-state index contributed by atoms with van der Waals surface area (Å²) >= 11 is 1.50. The van der Waals surface area contributed by atoms with Gasteiger partial charge in [-0.25, -0.2) is 4.98 Å². The molecule has 182 valence electrons. The number of nitrogens with zero attached hydrogens (tertiary/aromatic N) is 3. The summed E-state index contributed by atoms with van der Waals surface area (Å²) in [6.45, 7) is 7.14. The van der Waals surface area contributed by atoms with Gasteiger partial charge in [-0.3, -0.25) is 4.79 Å². The molecule has 0 radical (unpaired) electrons. The number of amides is 1. The van der Waals surface area contributed by atoms with Crippen LogP contribution in [-0.2, 0) is 4.79 Å². The highest BCUT2D eigenvalue weighted by molar-refractivity contribution is 7.20. The van der Waals surface area contributed by atoms with Gasteiger partial charge >= 0.3 is 0 Å². The third-order valence-corrected chi connectivity index (χ3v) is 6.99. The Morgan fingerprint density at radius 2 is 2.00 bits per heavy atom. The quantitative estimate of drug-likeness (QED) is 0.351. The first-order valence-corrected chi connectivity index (χ1v) is 12.6. The second kappa shape index (κ2) is 9.58. The van der Waals surface area contributed by atoms with E-state index in [9.17, 15) is 4.79 Å². The highest BCUT2D eigenvalue weighted by atomic mass is 32.1. The lowest BCUT2D eigenvalue weighted by atomic mass is 9.85. The first-order chi connectivity index (χ1) is 17.0. The van der Waals surface area contributed by atoms with Crippen molar-refractivity contribution in [2.75, 3.05) is 25.6 Å². The Morgan fingerprint density at radius 3 is 2.77 bits per heavy atom. The summed E-state index contributed by atoms with van der Waals surface area (Å²) in [5.74, 6) is 2.64. The third-order valence-electron chi connectivity index (χ3n) is 6.00. The van der Waals surface area contributed by atoms with Crippen molar-refractivity contribution in [3.05, 3.63) is 53.2 Å². The Morgan fingerprint density at radius 1 is 1.14 bits per heavy atom. The Kier molecular flexibility index (Phi) is 6.34. The van der Waals surface area contributed by atoms with Crippen LogP contribution in [0.3, 0.4) is 0 Å².